The van der Waals surface area contributed by atoms with Crippen molar-refractivity contribution >= 4 is 15.8 Å². The zero-order valence-corrected chi connectivity index (χ0v) is 14.7. The summed E-state index contributed by atoms with van der Waals surface area (Å²) in [6, 6.07) is 3.84. The molecular formula is C17H25N3O3S. The van der Waals surface area contributed by atoms with Gasteiger partial charge < -0.3 is 10.1 Å². The molecule has 2 saturated heterocycles. The SMILES string of the molecule is O=S(=O)(c1ccc(NC2CCCC3OCCC23)nc1)N1CCCC1. The first-order chi connectivity index (χ1) is 11.6. The molecule has 3 heterocycles. The van der Waals surface area contributed by atoms with E-state index in [0.29, 0.717) is 36.0 Å². The fourth-order valence-corrected chi connectivity index (χ4v) is 5.70. The Bertz CT molecular complexity index is 671. The molecule has 0 radical (unpaired) electrons. The van der Waals surface area contributed by atoms with Crippen LogP contribution in [0.15, 0.2) is 23.2 Å². The Balaban J connectivity index is 1.46. The van der Waals surface area contributed by atoms with Crippen LogP contribution in [0.2, 0.25) is 0 Å². The van der Waals surface area contributed by atoms with Crippen molar-refractivity contribution < 1.29 is 13.2 Å². The number of nitrogens with zero attached hydrogens (tertiary/aromatic N) is 2. The van der Waals surface area contributed by atoms with Gasteiger partial charge in [-0.05, 0) is 50.7 Å². The van der Waals surface area contributed by atoms with Gasteiger partial charge in [0.05, 0.1) is 6.10 Å². The number of aromatic nitrogens is 1. The van der Waals surface area contributed by atoms with E-state index in [4.69, 9.17) is 4.74 Å². The van der Waals surface area contributed by atoms with Gasteiger partial charge in [0.25, 0.3) is 0 Å². The molecule has 0 aromatic carbocycles. The third-order valence-corrected chi connectivity index (χ3v) is 7.44. The van der Waals surface area contributed by atoms with Crippen LogP contribution < -0.4 is 5.32 Å². The van der Waals surface area contributed by atoms with Crippen molar-refractivity contribution in [1.29, 1.82) is 0 Å². The lowest BCUT2D eigenvalue weighted by atomic mass is 9.82. The molecule has 1 saturated carbocycles. The molecule has 3 fully saturated rings. The summed E-state index contributed by atoms with van der Waals surface area (Å²) in [5.41, 5.74) is 0. The van der Waals surface area contributed by atoms with Crippen LogP contribution in [0.1, 0.15) is 38.5 Å². The molecule has 6 nitrogen and oxygen atoms in total. The molecule has 2 aliphatic heterocycles. The standard InChI is InChI=1S/C17H25N3O3S/c21-24(22,20-9-1-2-10-20)13-6-7-17(18-12-13)19-15-4-3-5-16-14(15)8-11-23-16/h6-7,12,14-16H,1-5,8-11H2,(H,18,19). The topological polar surface area (TPSA) is 71.5 Å². The smallest absolute Gasteiger partial charge is 0.244 e. The van der Waals surface area contributed by atoms with Gasteiger partial charge in [0, 0.05) is 37.9 Å². The second-order valence-electron chi connectivity index (χ2n) is 7.03. The Labute approximate surface area is 143 Å². The van der Waals surface area contributed by atoms with Gasteiger partial charge in [0.15, 0.2) is 0 Å². The van der Waals surface area contributed by atoms with Crippen LogP contribution in [0.25, 0.3) is 0 Å². The predicted molar refractivity (Wildman–Crippen MR) is 91.3 cm³/mol. The molecule has 1 N–H and O–H groups in total. The van der Waals surface area contributed by atoms with Gasteiger partial charge in [-0.15, -0.1) is 0 Å². The summed E-state index contributed by atoms with van der Waals surface area (Å²) in [6.07, 6.45) is 8.30. The van der Waals surface area contributed by atoms with Gasteiger partial charge in [-0.25, -0.2) is 13.4 Å². The maximum Gasteiger partial charge on any atom is 0.244 e. The molecule has 0 bridgehead atoms. The molecule has 1 aliphatic carbocycles. The Kier molecular flexibility index (Phi) is 4.49. The number of rotatable bonds is 4. The minimum Gasteiger partial charge on any atom is -0.378 e. The molecule has 3 atom stereocenters. The van der Waals surface area contributed by atoms with Gasteiger partial charge in [-0.2, -0.15) is 4.31 Å². The lowest BCUT2D eigenvalue weighted by Crippen LogP contribution is -2.38. The minimum absolute atomic E-state index is 0.292. The second-order valence-corrected chi connectivity index (χ2v) is 8.97. The first-order valence-electron chi connectivity index (χ1n) is 8.99. The van der Waals surface area contributed by atoms with Crippen molar-refractivity contribution in [2.75, 3.05) is 25.0 Å². The summed E-state index contributed by atoms with van der Waals surface area (Å²) in [5.74, 6) is 1.31. The third kappa shape index (κ3) is 3.05. The lowest BCUT2D eigenvalue weighted by Gasteiger charge is -2.33. The highest BCUT2D eigenvalue weighted by molar-refractivity contribution is 7.89. The Hall–Kier alpha value is -1.18. The maximum absolute atomic E-state index is 12.5. The summed E-state index contributed by atoms with van der Waals surface area (Å²) < 4.78 is 32.4. The average Bonchev–Trinajstić information content (AvgIpc) is 3.28. The number of anilines is 1. The third-order valence-electron chi connectivity index (χ3n) is 5.55. The van der Waals surface area contributed by atoms with Crippen LogP contribution in [-0.2, 0) is 14.8 Å². The van der Waals surface area contributed by atoms with E-state index in [0.717, 1.165) is 44.5 Å². The number of ether oxygens (including phenoxy) is 1. The van der Waals surface area contributed by atoms with Crippen LogP contribution in [-0.4, -0.2) is 49.5 Å². The van der Waals surface area contributed by atoms with Gasteiger partial charge >= 0.3 is 0 Å². The molecule has 24 heavy (non-hydrogen) atoms. The lowest BCUT2D eigenvalue weighted by molar-refractivity contribution is 0.0619. The van der Waals surface area contributed by atoms with Crippen LogP contribution >= 0.6 is 0 Å². The molecule has 3 aliphatic rings. The number of pyridine rings is 1. The molecule has 7 heteroatoms. The van der Waals surface area contributed by atoms with E-state index in [1.807, 2.05) is 0 Å². The normalized spacial score (nSPS) is 31.1. The predicted octanol–water partition coefficient (Wildman–Crippen LogP) is 2.24. The van der Waals surface area contributed by atoms with E-state index < -0.39 is 10.0 Å². The molecular weight excluding hydrogens is 326 g/mol. The summed E-state index contributed by atoms with van der Waals surface area (Å²) in [6.45, 7) is 2.09. The van der Waals surface area contributed by atoms with Gasteiger partial charge in [0.2, 0.25) is 10.0 Å². The molecule has 4 rings (SSSR count). The number of hydrogen-bond acceptors (Lipinski definition) is 5. The molecule has 132 valence electrons. The molecule has 1 aromatic heterocycles. The zero-order chi connectivity index (χ0) is 16.6. The van der Waals surface area contributed by atoms with Crippen molar-refractivity contribution in [2.45, 2.75) is 55.6 Å². The largest absolute Gasteiger partial charge is 0.378 e. The first kappa shape index (κ1) is 16.3. The van der Waals surface area contributed by atoms with E-state index in [-0.39, 0.29) is 0 Å². The van der Waals surface area contributed by atoms with Crippen molar-refractivity contribution in [3.8, 4) is 0 Å². The van der Waals surface area contributed by atoms with Crippen LogP contribution in [0, 0.1) is 5.92 Å². The zero-order valence-electron chi connectivity index (χ0n) is 13.9. The fraction of sp³-hybridized carbons (Fsp3) is 0.706. The van der Waals surface area contributed by atoms with Crippen LogP contribution in [0.5, 0.6) is 0 Å². The van der Waals surface area contributed by atoms with E-state index in [2.05, 4.69) is 10.3 Å². The van der Waals surface area contributed by atoms with Crippen molar-refractivity contribution in [3.05, 3.63) is 18.3 Å². The summed E-state index contributed by atoms with van der Waals surface area (Å²) >= 11 is 0. The molecule has 0 amide bonds. The second kappa shape index (κ2) is 6.61. The summed E-state index contributed by atoms with van der Waals surface area (Å²) in [5, 5.41) is 3.50. The van der Waals surface area contributed by atoms with E-state index in [1.165, 1.54) is 12.6 Å². The summed E-state index contributed by atoms with van der Waals surface area (Å²) in [7, 11) is -3.38. The molecule has 0 spiro atoms. The fourth-order valence-electron chi connectivity index (χ4n) is 4.24. The van der Waals surface area contributed by atoms with Crippen molar-refractivity contribution in [2.24, 2.45) is 5.92 Å². The Morgan fingerprint density at radius 3 is 2.71 bits per heavy atom. The minimum atomic E-state index is -3.38. The molecule has 3 unspecified atom stereocenters. The average molecular weight is 351 g/mol. The van der Waals surface area contributed by atoms with E-state index in [9.17, 15) is 8.42 Å². The highest BCUT2D eigenvalue weighted by atomic mass is 32.2. The quantitative estimate of drug-likeness (QED) is 0.901. The van der Waals surface area contributed by atoms with Gasteiger partial charge in [0.1, 0.15) is 10.7 Å². The van der Waals surface area contributed by atoms with E-state index in [1.54, 1.807) is 16.4 Å². The Morgan fingerprint density at radius 1 is 1.12 bits per heavy atom. The van der Waals surface area contributed by atoms with Crippen LogP contribution in [0.4, 0.5) is 5.82 Å². The van der Waals surface area contributed by atoms with Crippen molar-refractivity contribution in [3.63, 3.8) is 0 Å². The van der Waals surface area contributed by atoms with Gasteiger partial charge in [-0.1, -0.05) is 0 Å². The monoisotopic (exact) mass is 351 g/mol. The first-order valence-corrected chi connectivity index (χ1v) is 10.4. The van der Waals surface area contributed by atoms with E-state index >= 15 is 0 Å². The maximum atomic E-state index is 12.5. The Morgan fingerprint density at radius 2 is 1.96 bits per heavy atom. The highest BCUT2D eigenvalue weighted by Crippen LogP contribution is 2.35. The number of sulfonamides is 1. The number of hydrogen-bond donors (Lipinski definition) is 1. The molecule has 1 aromatic rings. The van der Waals surface area contributed by atoms with Crippen LogP contribution in [0.3, 0.4) is 0 Å². The summed E-state index contributed by atoms with van der Waals surface area (Å²) in [4.78, 5) is 4.66. The highest BCUT2D eigenvalue weighted by Gasteiger charge is 2.37. The number of fused-ring (bicyclic) bond motifs is 1. The van der Waals surface area contributed by atoms with Gasteiger partial charge in [-0.3, -0.25) is 0 Å². The van der Waals surface area contributed by atoms with Crippen molar-refractivity contribution in [1.82, 2.24) is 9.29 Å². The number of nitrogens with one attached hydrogen (secondary N) is 1.